The van der Waals surface area contributed by atoms with Gasteiger partial charge in [-0.25, -0.2) is 4.39 Å². The molecule has 3 rings (SSSR count). The van der Waals surface area contributed by atoms with Gasteiger partial charge in [-0.05, 0) is 47.9 Å². The molecule has 0 spiro atoms. The molecule has 32 heavy (non-hydrogen) atoms. The zero-order chi connectivity index (χ0) is 23.1. The van der Waals surface area contributed by atoms with Crippen molar-refractivity contribution in [2.24, 2.45) is 5.92 Å². The predicted octanol–water partition coefficient (Wildman–Crippen LogP) is 3.91. The van der Waals surface area contributed by atoms with E-state index < -0.39 is 5.82 Å². The molecule has 0 saturated heterocycles. The number of carbonyl (C=O) groups excluding carboxylic acids is 2. The second-order valence-electron chi connectivity index (χ2n) is 8.32. The van der Waals surface area contributed by atoms with Crippen LogP contribution >= 0.6 is 11.3 Å². The number of halogens is 1. The number of hydrogen-bond acceptors (Lipinski definition) is 5. The Bertz CT molecular complexity index is 917. The van der Waals surface area contributed by atoms with Crippen LogP contribution in [0.2, 0.25) is 0 Å². The fourth-order valence-electron chi connectivity index (χ4n) is 3.78. The van der Waals surface area contributed by atoms with E-state index in [1.54, 1.807) is 39.3 Å². The van der Waals surface area contributed by atoms with E-state index in [4.69, 9.17) is 9.47 Å². The topological polar surface area (TPSA) is 59.1 Å². The maximum atomic E-state index is 14.1. The summed E-state index contributed by atoms with van der Waals surface area (Å²) in [4.78, 5) is 30.4. The first-order chi connectivity index (χ1) is 15.4. The molecule has 0 N–H and O–H groups in total. The number of amides is 2. The standard InChI is InChI=1S/C24H31FN2O4S/c1-17(2)8-11-26(24(29)16-30-3)14-23(28)27-12-9-22-18(10-13-32-22)20(27)15-31-21-7-5-4-6-19(21)25/h4-7,10,13,17,20H,8-9,11-12,14-16H2,1-3H3/t20-/m1/s1. The maximum Gasteiger partial charge on any atom is 0.249 e. The Morgan fingerprint density at radius 3 is 2.78 bits per heavy atom. The SMILES string of the molecule is COCC(=O)N(CCC(C)C)CC(=O)N1CCc2sccc2[C@H]1COc1ccccc1F. The van der Waals surface area contributed by atoms with Crippen LogP contribution in [0.25, 0.3) is 0 Å². The first kappa shape index (κ1) is 24.2. The highest BCUT2D eigenvalue weighted by Gasteiger charge is 2.33. The third kappa shape index (κ3) is 6.07. The number of carbonyl (C=O) groups is 2. The van der Waals surface area contributed by atoms with Crippen molar-refractivity contribution in [3.05, 3.63) is 52.0 Å². The second-order valence-corrected chi connectivity index (χ2v) is 9.32. The highest BCUT2D eigenvalue weighted by atomic mass is 32.1. The number of rotatable bonds is 10. The van der Waals surface area contributed by atoms with E-state index in [1.807, 2.05) is 11.4 Å². The first-order valence-corrected chi connectivity index (χ1v) is 11.8. The Morgan fingerprint density at radius 1 is 1.28 bits per heavy atom. The molecule has 2 aromatic rings. The third-order valence-electron chi connectivity index (χ3n) is 5.57. The Morgan fingerprint density at radius 2 is 2.06 bits per heavy atom. The van der Waals surface area contributed by atoms with Gasteiger partial charge in [0.2, 0.25) is 11.8 Å². The molecule has 174 valence electrons. The molecule has 1 atom stereocenters. The normalized spacial score (nSPS) is 15.5. The minimum Gasteiger partial charge on any atom is -0.488 e. The summed E-state index contributed by atoms with van der Waals surface area (Å²) < 4.78 is 24.9. The van der Waals surface area contributed by atoms with Crippen molar-refractivity contribution < 1.29 is 23.5 Å². The van der Waals surface area contributed by atoms with Gasteiger partial charge in [-0.1, -0.05) is 26.0 Å². The average molecular weight is 463 g/mol. The summed E-state index contributed by atoms with van der Waals surface area (Å²) >= 11 is 1.66. The Labute approximate surface area is 192 Å². The molecule has 2 amide bonds. The molecule has 0 fully saturated rings. The van der Waals surface area contributed by atoms with Gasteiger partial charge >= 0.3 is 0 Å². The number of methoxy groups -OCH3 is 1. The van der Waals surface area contributed by atoms with Crippen molar-refractivity contribution in [2.75, 3.05) is 40.0 Å². The summed E-state index contributed by atoms with van der Waals surface area (Å²) in [6, 6.07) is 7.92. The molecule has 8 heteroatoms. The maximum absolute atomic E-state index is 14.1. The molecule has 0 aliphatic carbocycles. The molecule has 1 aliphatic rings. The van der Waals surface area contributed by atoms with Crippen molar-refractivity contribution in [1.29, 1.82) is 0 Å². The number of para-hydroxylation sites is 1. The average Bonchev–Trinajstić information content (AvgIpc) is 3.25. The van der Waals surface area contributed by atoms with Crippen LogP contribution in [0.4, 0.5) is 4.39 Å². The molecule has 0 bridgehead atoms. The van der Waals surface area contributed by atoms with Crippen LogP contribution in [0.15, 0.2) is 35.7 Å². The van der Waals surface area contributed by atoms with Gasteiger partial charge in [0.1, 0.15) is 13.2 Å². The highest BCUT2D eigenvalue weighted by Crippen LogP contribution is 2.34. The van der Waals surface area contributed by atoms with Gasteiger partial charge in [0.05, 0.1) is 12.6 Å². The monoisotopic (exact) mass is 462 g/mol. The van der Waals surface area contributed by atoms with Gasteiger partial charge in [0.15, 0.2) is 11.6 Å². The largest absolute Gasteiger partial charge is 0.488 e. The predicted molar refractivity (Wildman–Crippen MR) is 122 cm³/mol. The Balaban J connectivity index is 1.76. The summed E-state index contributed by atoms with van der Waals surface area (Å²) in [7, 11) is 1.47. The van der Waals surface area contributed by atoms with Gasteiger partial charge in [-0.3, -0.25) is 9.59 Å². The number of thiophene rings is 1. The summed E-state index contributed by atoms with van der Waals surface area (Å²) in [5, 5.41) is 2.01. The second kappa shape index (κ2) is 11.4. The fraction of sp³-hybridized carbons (Fsp3) is 0.500. The van der Waals surface area contributed by atoms with Crippen molar-refractivity contribution in [2.45, 2.75) is 32.7 Å². The zero-order valence-corrected chi connectivity index (χ0v) is 19.7. The van der Waals surface area contributed by atoms with E-state index in [2.05, 4.69) is 13.8 Å². The van der Waals surface area contributed by atoms with Crippen LogP contribution < -0.4 is 4.74 Å². The lowest BCUT2D eigenvalue weighted by molar-refractivity contribution is -0.144. The molecule has 6 nitrogen and oxygen atoms in total. The van der Waals surface area contributed by atoms with Crippen molar-refractivity contribution in [3.63, 3.8) is 0 Å². The molecule has 2 heterocycles. The zero-order valence-electron chi connectivity index (χ0n) is 18.9. The summed E-state index contributed by atoms with van der Waals surface area (Å²) in [5.74, 6) is -0.202. The molecule has 0 saturated carbocycles. The highest BCUT2D eigenvalue weighted by molar-refractivity contribution is 7.10. The molecule has 1 aliphatic heterocycles. The van der Waals surface area contributed by atoms with Crippen LogP contribution in [-0.2, 0) is 20.7 Å². The van der Waals surface area contributed by atoms with Gasteiger partial charge in [0, 0.05) is 25.1 Å². The van der Waals surface area contributed by atoms with E-state index in [-0.39, 0.29) is 43.4 Å². The molecule has 1 aromatic carbocycles. The smallest absolute Gasteiger partial charge is 0.249 e. The molecule has 0 unspecified atom stereocenters. The molecule has 1 aromatic heterocycles. The van der Waals surface area contributed by atoms with Crippen molar-refractivity contribution in [1.82, 2.24) is 9.80 Å². The lowest BCUT2D eigenvalue weighted by Crippen LogP contribution is -2.48. The molecule has 0 radical (unpaired) electrons. The van der Waals surface area contributed by atoms with Crippen LogP contribution in [-0.4, -0.2) is 61.6 Å². The Hall–Kier alpha value is -2.45. The molecular formula is C24H31FN2O4S. The van der Waals surface area contributed by atoms with E-state index in [1.165, 1.54) is 18.1 Å². The van der Waals surface area contributed by atoms with Crippen LogP contribution in [0, 0.1) is 11.7 Å². The number of ether oxygens (including phenoxy) is 2. The Kier molecular flexibility index (Phi) is 8.64. The van der Waals surface area contributed by atoms with Crippen LogP contribution in [0.3, 0.4) is 0 Å². The fourth-order valence-corrected chi connectivity index (χ4v) is 4.71. The first-order valence-electron chi connectivity index (χ1n) is 10.9. The van der Waals surface area contributed by atoms with Crippen molar-refractivity contribution >= 4 is 23.2 Å². The quantitative estimate of drug-likeness (QED) is 0.537. The van der Waals surface area contributed by atoms with Crippen LogP contribution in [0.1, 0.15) is 36.8 Å². The van der Waals surface area contributed by atoms with Crippen LogP contribution in [0.5, 0.6) is 5.75 Å². The number of benzene rings is 1. The van der Waals surface area contributed by atoms with Crippen molar-refractivity contribution in [3.8, 4) is 5.75 Å². The third-order valence-corrected chi connectivity index (χ3v) is 6.57. The van der Waals surface area contributed by atoms with E-state index in [0.717, 1.165) is 18.4 Å². The van der Waals surface area contributed by atoms with E-state index >= 15 is 0 Å². The van der Waals surface area contributed by atoms with E-state index in [9.17, 15) is 14.0 Å². The summed E-state index contributed by atoms with van der Waals surface area (Å²) in [6.07, 6.45) is 1.56. The number of fused-ring (bicyclic) bond motifs is 1. The molecular weight excluding hydrogens is 431 g/mol. The minimum atomic E-state index is -0.434. The lowest BCUT2D eigenvalue weighted by atomic mass is 10.0. The van der Waals surface area contributed by atoms with Gasteiger partial charge < -0.3 is 19.3 Å². The van der Waals surface area contributed by atoms with Gasteiger partial charge in [0.25, 0.3) is 0 Å². The lowest BCUT2D eigenvalue weighted by Gasteiger charge is -2.37. The minimum absolute atomic E-state index is 0.00934. The number of nitrogens with zero attached hydrogens (tertiary/aromatic N) is 2. The van der Waals surface area contributed by atoms with Gasteiger partial charge in [-0.2, -0.15) is 0 Å². The van der Waals surface area contributed by atoms with Gasteiger partial charge in [-0.15, -0.1) is 11.3 Å². The number of hydrogen-bond donors (Lipinski definition) is 0. The summed E-state index contributed by atoms with van der Waals surface area (Å²) in [5.41, 5.74) is 1.03. The van der Waals surface area contributed by atoms with E-state index in [0.29, 0.717) is 19.0 Å². The summed E-state index contributed by atoms with van der Waals surface area (Å²) in [6.45, 7) is 5.28.